The minimum absolute atomic E-state index is 0.0482. The predicted molar refractivity (Wildman–Crippen MR) is 59.0 cm³/mol. The van der Waals surface area contributed by atoms with E-state index in [1.54, 1.807) is 12.1 Å². The second kappa shape index (κ2) is 3.66. The van der Waals surface area contributed by atoms with Crippen LogP contribution < -0.4 is 0 Å². The van der Waals surface area contributed by atoms with Gasteiger partial charge in [-0.15, -0.1) is 0 Å². The van der Waals surface area contributed by atoms with Crippen molar-refractivity contribution in [2.45, 2.75) is 13.3 Å². The van der Waals surface area contributed by atoms with Crippen LogP contribution in [0.2, 0.25) is 0 Å². The maximum atomic E-state index is 10.9. The molecule has 1 aromatic heterocycles. The number of aryl methyl sites for hydroxylation is 1. The van der Waals surface area contributed by atoms with E-state index in [1.807, 2.05) is 13.0 Å². The lowest BCUT2D eigenvalue weighted by atomic mass is 10.1. The number of nitro benzene ring substituents is 1. The molecule has 0 atom stereocenters. The van der Waals surface area contributed by atoms with Gasteiger partial charge in [-0.25, -0.2) is 0 Å². The lowest BCUT2D eigenvalue weighted by molar-refractivity contribution is -0.383. The summed E-state index contributed by atoms with van der Waals surface area (Å²) < 4.78 is 0. The Morgan fingerprint density at radius 2 is 2.31 bits per heavy atom. The van der Waals surface area contributed by atoms with Crippen molar-refractivity contribution in [3.05, 3.63) is 39.6 Å². The zero-order valence-corrected chi connectivity index (χ0v) is 8.65. The van der Waals surface area contributed by atoms with Gasteiger partial charge in [0.2, 0.25) is 0 Å². The molecule has 0 bridgehead atoms. The lowest BCUT2D eigenvalue weighted by Gasteiger charge is -1.96. The van der Waals surface area contributed by atoms with E-state index >= 15 is 0 Å². The smallest absolute Gasteiger partial charge is 0.279 e. The molecule has 1 N–H and O–H groups in total. The molecule has 0 fully saturated rings. The zero-order chi connectivity index (χ0) is 11.7. The van der Waals surface area contributed by atoms with Gasteiger partial charge in [0, 0.05) is 17.3 Å². The second-order valence-electron chi connectivity index (χ2n) is 3.52. The van der Waals surface area contributed by atoms with E-state index in [4.69, 9.17) is 5.26 Å². The first-order valence-corrected chi connectivity index (χ1v) is 4.76. The fourth-order valence-corrected chi connectivity index (χ4v) is 1.88. The van der Waals surface area contributed by atoms with Gasteiger partial charge in [-0.3, -0.25) is 10.1 Å². The number of aromatic amines is 1. The molecule has 0 aliphatic rings. The van der Waals surface area contributed by atoms with Gasteiger partial charge in [-0.1, -0.05) is 6.07 Å². The van der Waals surface area contributed by atoms with Crippen molar-refractivity contribution in [2.24, 2.45) is 0 Å². The molecule has 0 saturated heterocycles. The molecule has 0 unspecified atom stereocenters. The Labute approximate surface area is 91.5 Å². The third kappa shape index (κ3) is 1.41. The average molecular weight is 215 g/mol. The summed E-state index contributed by atoms with van der Waals surface area (Å²) in [4.78, 5) is 13.5. The molecular weight excluding hydrogens is 206 g/mol. The summed E-state index contributed by atoms with van der Waals surface area (Å²) in [5.74, 6) is 0. The molecule has 0 radical (unpaired) electrons. The number of aromatic nitrogens is 1. The van der Waals surface area contributed by atoms with E-state index in [2.05, 4.69) is 4.98 Å². The lowest BCUT2D eigenvalue weighted by Crippen LogP contribution is -1.90. The number of nitro groups is 1. The zero-order valence-electron chi connectivity index (χ0n) is 8.65. The summed E-state index contributed by atoms with van der Waals surface area (Å²) >= 11 is 0. The summed E-state index contributed by atoms with van der Waals surface area (Å²) in [6, 6.07) is 6.89. The molecule has 1 aromatic carbocycles. The molecule has 0 aliphatic carbocycles. The topological polar surface area (TPSA) is 82.7 Å². The molecule has 1 heterocycles. The van der Waals surface area contributed by atoms with E-state index in [1.165, 1.54) is 6.07 Å². The Morgan fingerprint density at radius 1 is 1.56 bits per heavy atom. The van der Waals surface area contributed by atoms with Crippen LogP contribution in [0.5, 0.6) is 0 Å². The molecule has 0 saturated carbocycles. The van der Waals surface area contributed by atoms with Crippen molar-refractivity contribution < 1.29 is 4.92 Å². The molecule has 0 aliphatic heterocycles. The molecule has 5 nitrogen and oxygen atoms in total. The van der Waals surface area contributed by atoms with Crippen molar-refractivity contribution in [1.82, 2.24) is 4.98 Å². The number of fused-ring (bicyclic) bond motifs is 1. The number of nitriles is 1. The Kier molecular flexibility index (Phi) is 2.33. The number of rotatable bonds is 2. The van der Waals surface area contributed by atoms with Crippen molar-refractivity contribution in [3.8, 4) is 6.07 Å². The normalized spacial score (nSPS) is 10.2. The van der Waals surface area contributed by atoms with Crippen LogP contribution in [0.25, 0.3) is 10.9 Å². The van der Waals surface area contributed by atoms with Crippen molar-refractivity contribution in [2.75, 3.05) is 0 Å². The Morgan fingerprint density at radius 3 is 2.94 bits per heavy atom. The highest BCUT2D eigenvalue weighted by atomic mass is 16.6. The van der Waals surface area contributed by atoms with E-state index < -0.39 is 4.92 Å². The highest BCUT2D eigenvalue weighted by Crippen LogP contribution is 2.30. The third-order valence-electron chi connectivity index (χ3n) is 2.57. The van der Waals surface area contributed by atoms with E-state index in [0.717, 1.165) is 5.69 Å². The predicted octanol–water partition coefficient (Wildman–Crippen LogP) is 2.45. The Balaban J connectivity index is 2.84. The van der Waals surface area contributed by atoms with E-state index in [0.29, 0.717) is 16.5 Å². The largest absolute Gasteiger partial charge is 0.358 e. The Bertz CT molecular complexity index is 607. The molecule has 0 amide bonds. The number of nitrogens with zero attached hydrogens (tertiary/aromatic N) is 2. The van der Waals surface area contributed by atoms with Gasteiger partial charge in [0.15, 0.2) is 0 Å². The van der Waals surface area contributed by atoms with Gasteiger partial charge in [-0.05, 0) is 13.0 Å². The highest BCUT2D eigenvalue weighted by Gasteiger charge is 2.18. The number of benzene rings is 1. The molecule has 80 valence electrons. The Hall–Kier alpha value is -2.35. The number of hydrogen-bond acceptors (Lipinski definition) is 3. The van der Waals surface area contributed by atoms with Crippen molar-refractivity contribution in [1.29, 1.82) is 5.26 Å². The standard InChI is InChI=1S/C11H9N3O2/c1-7-8(5-6-12)11-9(13-7)3-2-4-10(11)14(15)16/h2-4,13H,5H2,1H3. The summed E-state index contributed by atoms with van der Waals surface area (Å²) in [5, 5.41) is 20.2. The first-order valence-electron chi connectivity index (χ1n) is 4.76. The van der Waals surface area contributed by atoms with Crippen LogP contribution in [0.1, 0.15) is 11.3 Å². The average Bonchev–Trinajstić information content (AvgIpc) is 2.55. The summed E-state index contributed by atoms with van der Waals surface area (Å²) in [6.45, 7) is 1.82. The van der Waals surface area contributed by atoms with Crippen LogP contribution in [0.15, 0.2) is 18.2 Å². The number of non-ortho nitro benzene ring substituents is 1. The molecule has 16 heavy (non-hydrogen) atoms. The van der Waals surface area contributed by atoms with Crippen LogP contribution in [0.3, 0.4) is 0 Å². The van der Waals surface area contributed by atoms with Crippen LogP contribution >= 0.6 is 0 Å². The van der Waals surface area contributed by atoms with E-state index in [-0.39, 0.29) is 12.1 Å². The third-order valence-corrected chi connectivity index (χ3v) is 2.57. The SMILES string of the molecule is Cc1[nH]c2cccc([N+](=O)[O-])c2c1CC#N. The minimum Gasteiger partial charge on any atom is -0.358 e. The van der Waals surface area contributed by atoms with Gasteiger partial charge in [0.05, 0.1) is 28.3 Å². The van der Waals surface area contributed by atoms with Gasteiger partial charge in [-0.2, -0.15) is 5.26 Å². The molecule has 5 heteroatoms. The fourth-order valence-electron chi connectivity index (χ4n) is 1.88. The van der Waals surface area contributed by atoms with Gasteiger partial charge in [0.25, 0.3) is 5.69 Å². The van der Waals surface area contributed by atoms with E-state index in [9.17, 15) is 10.1 Å². The van der Waals surface area contributed by atoms with Crippen molar-refractivity contribution in [3.63, 3.8) is 0 Å². The number of H-pyrrole nitrogens is 1. The highest BCUT2D eigenvalue weighted by molar-refractivity contribution is 5.93. The maximum Gasteiger partial charge on any atom is 0.279 e. The summed E-state index contributed by atoms with van der Waals surface area (Å²) in [7, 11) is 0. The molecular formula is C11H9N3O2. The first-order chi connectivity index (χ1) is 7.65. The van der Waals surface area contributed by atoms with Crippen LogP contribution in [-0.4, -0.2) is 9.91 Å². The monoisotopic (exact) mass is 215 g/mol. The number of nitrogens with one attached hydrogen (secondary N) is 1. The molecule has 0 spiro atoms. The fraction of sp³-hybridized carbons (Fsp3) is 0.182. The van der Waals surface area contributed by atoms with Gasteiger partial charge >= 0.3 is 0 Å². The molecule has 2 aromatic rings. The van der Waals surface area contributed by atoms with Crippen LogP contribution in [0.4, 0.5) is 5.69 Å². The second-order valence-corrected chi connectivity index (χ2v) is 3.52. The quantitative estimate of drug-likeness (QED) is 0.616. The maximum absolute atomic E-state index is 10.9. The molecule has 2 rings (SSSR count). The number of hydrogen-bond donors (Lipinski definition) is 1. The van der Waals surface area contributed by atoms with Crippen molar-refractivity contribution >= 4 is 16.6 Å². The summed E-state index contributed by atoms with van der Waals surface area (Å²) in [5.41, 5.74) is 2.28. The first kappa shape index (κ1) is 10.2. The van der Waals surface area contributed by atoms with Gasteiger partial charge < -0.3 is 4.98 Å². The van der Waals surface area contributed by atoms with Gasteiger partial charge in [0.1, 0.15) is 0 Å². The minimum atomic E-state index is -0.420. The van der Waals surface area contributed by atoms with Crippen LogP contribution in [0, 0.1) is 28.4 Å². The summed E-state index contributed by atoms with van der Waals surface area (Å²) in [6.07, 6.45) is 0.177. The van der Waals surface area contributed by atoms with Crippen LogP contribution in [-0.2, 0) is 6.42 Å².